The van der Waals surface area contributed by atoms with Crippen LogP contribution in [0.25, 0.3) is 11.0 Å². The van der Waals surface area contributed by atoms with Crippen molar-refractivity contribution in [1.29, 1.82) is 0 Å². The third kappa shape index (κ3) is 2.94. The summed E-state index contributed by atoms with van der Waals surface area (Å²) in [5.74, 6) is 0.507. The summed E-state index contributed by atoms with van der Waals surface area (Å²) < 4.78 is 7.82. The van der Waals surface area contributed by atoms with E-state index in [1.54, 1.807) is 10.6 Å². The number of nitrogens with zero attached hydrogens (tertiary/aromatic N) is 2. The fraction of sp³-hybridized carbons (Fsp3) is 0.500. The number of aliphatic hydroxyl groups excluding tert-OH is 2. The summed E-state index contributed by atoms with van der Waals surface area (Å²) in [7, 11) is 0. The van der Waals surface area contributed by atoms with Gasteiger partial charge in [-0.05, 0) is 35.8 Å². The van der Waals surface area contributed by atoms with E-state index in [1.807, 2.05) is 13.8 Å². The molecule has 1 aromatic carbocycles. The molecule has 0 bridgehead atoms. The number of aliphatic hydroxyl groups is 2. The second kappa shape index (κ2) is 6.38. The summed E-state index contributed by atoms with van der Waals surface area (Å²) in [5.41, 5.74) is 1.24. The lowest BCUT2D eigenvalue weighted by Crippen LogP contribution is -2.29. The number of fused-ring (bicyclic) bond motifs is 1. The highest BCUT2D eigenvalue weighted by Crippen LogP contribution is 2.40. The van der Waals surface area contributed by atoms with Crippen LogP contribution in [0, 0.1) is 0 Å². The summed E-state index contributed by atoms with van der Waals surface area (Å²) >= 11 is 15.8. The largest absolute Gasteiger partial charge is 0.388 e. The van der Waals surface area contributed by atoms with Gasteiger partial charge >= 0.3 is 0 Å². The Balaban J connectivity index is 2.24. The van der Waals surface area contributed by atoms with Gasteiger partial charge in [0.1, 0.15) is 17.7 Å². The minimum absolute atomic E-state index is 0.0507. The predicted octanol–water partition coefficient (Wildman–Crippen LogP) is 3.18. The number of benzene rings is 1. The monoisotopic (exact) mass is 423 g/mol. The number of anilines is 1. The van der Waals surface area contributed by atoms with Crippen LogP contribution in [0.5, 0.6) is 0 Å². The van der Waals surface area contributed by atoms with Crippen LogP contribution in [0.1, 0.15) is 20.1 Å². The predicted molar refractivity (Wildman–Crippen MR) is 93.2 cm³/mol. The Labute approximate surface area is 151 Å². The summed E-state index contributed by atoms with van der Waals surface area (Å²) in [6, 6.07) is 1.78. The Morgan fingerprint density at radius 3 is 2.70 bits per heavy atom. The van der Waals surface area contributed by atoms with E-state index in [4.69, 9.17) is 27.9 Å². The molecule has 1 aliphatic heterocycles. The Bertz CT molecular complexity index is 753. The van der Waals surface area contributed by atoms with Gasteiger partial charge in [0.15, 0.2) is 6.23 Å². The zero-order valence-corrected chi connectivity index (χ0v) is 15.5. The van der Waals surface area contributed by atoms with Crippen LogP contribution in [0.4, 0.5) is 5.95 Å². The van der Waals surface area contributed by atoms with Crippen molar-refractivity contribution in [3.05, 3.63) is 20.6 Å². The third-order valence-corrected chi connectivity index (χ3v) is 5.41. The molecule has 0 spiro atoms. The third-order valence-electron chi connectivity index (χ3n) is 3.62. The van der Waals surface area contributed by atoms with Gasteiger partial charge in [-0.2, -0.15) is 0 Å². The molecule has 3 N–H and O–H groups in total. The van der Waals surface area contributed by atoms with Crippen LogP contribution < -0.4 is 5.32 Å². The second-order valence-corrected chi connectivity index (χ2v) is 7.32. The summed E-state index contributed by atoms with van der Waals surface area (Å²) in [4.78, 5) is 4.55. The van der Waals surface area contributed by atoms with E-state index >= 15 is 0 Å². The van der Waals surface area contributed by atoms with E-state index < -0.39 is 18.4 Å². The molecule has 0 unspecified atom stereocenters. The molecule has 1 fully saturated rings. The minimum atomic E-state index is -1.06. The first-order valence-corrected chi connectivity index (χ1v) is 8.65. The van der Waals surface area contributed by atoms with Gasteiger partial charge in [0.05, 0.1) is 26.6 Å². The fourth-order valence-corrected chi connectivity index (χ4v) is 3.53. The van der Waals surface area contributed by atoms with Crippen molar-refractivity contribution in [3.63, 3.8) is 0 Å². The normalized spacial score (nSPS) is 24.8. The zero-order valence-electron chi connectivity index (χ0n) is 12.4. The molecule has 3 rings (SSSR count). The van der Waals surface area contributed by atoms with E-state index in [2.05, 4.69) is 26.2 Å². The number of halogens is 3. The smallest absolute Gasteiger partial charge is 0.206 e. The number of imidazole rings is 1. The Morgan fingerprint density at radius 2 is 2.13 bits per heavy atom. The molecule has 3 atom stereocenters. The lowest BCUT2D eigenvalue weighted by molar-refractivity contribution is -0.0148. The molecule has 6 nitrogen and oxygen atoms in total. The first-order valence-electron chi connectivity index (χ1n) is 7.11. The Hall–Kier alpha value is -0.570. The van der Waals surface area contributed by atoms with Gasteiger partial charge in [-0.15, -0.1) is 0 Å². The average molecular weight is 425 g/mol. The van der Waals surface area contributed by atoms with E-state index in [1.165, 1.54) is 0 Å². The number of hydrogen-bond acceptors (Lipinski definition) is 5. The van der Waals surface area contributed by atoms with Crippen molar-refractivity contribution >= 4 is 56.1 Å². The van der Waals surface area contributed by atoms with Crippen molar-refractivity contribution in [2.75, 3.05) is 11.9 Å². The maximum Gasteiger partial charge on any atom is 0.206 e. The van der Waals surface area contributed by atoms with E-state index in [9.17, 15) is 10.2 Å². The number of rotatable bonds is 3. The Kier molecular flexibility index (Phi) is 4.79. The van der Waals surface area contributed by atoms with Crippen LogP contribution in [-0.2, 0) is 4.74 Å². The van der Waals surface area contributed by atoms with Crippen molar-refractivity contribution in [3.8, 4) is 0 Å². The quantitative estimate of drug-likeness (QED) is 0.659. The van der Waals surface area contributed by atoms with Gasteiger partial charge in [-0.1, -0.05) is 23.2 Å². The van der Waals surface area contributed by atoms with Crippen LogP contribution in [0.15, 0.2) is 10.5 Å². The first kappa shape index (κ1) is 17.3. The van der Waals surface area contributed by atoms with Gasteiger partial charge in [0.25, 0.3) is 0 Å². The lowest BCUT2D eigenvalue weighted by Gasteiger charge is -2.21. The number of aromatic nitrogens is 2. The molecular weight excluding hydrogens is 409 g/mol. The summed E-state index contributed by atoms with van der Waals surface area (Å²) in [6.07, 6.45) is -2.77. The standard InChI is InChI=1S/C14H16BrCl2N3O3/c1-5(2)18-14-19-11-7(3-6(16)10(17)9(11)15)20(14)13-12(22)8(21)4-23-13/h3,5,8,12-13,21-22H,4H2,1-2H3,(H,18,19)/t8-,12-,13-/m1/s1. The molecule has 126 valence electrons. The number of nitrogens with one attached hydrogen (secondary N) is 1. The van der Waals surface area contributed by atoms with Crippen molar-refractivity contribution in [2.24, 2.45) is 0 Å². The maximum atomic E-state index is 10.2. The summed E-state index contributed by atoms with van der Waals surface area (Å²) in [5, 5.41) is 23.9. The summed E-state index contributed by atoms with van der Waals surface area (Å²) in [6.45, 7) is 3.99. The molecule has 1 aromatic heterocycles. The molecule has 2 heterocycles. The molecule has 0 radical (unpaired) electrons. The molecule has 9 heteroatoms. The van der Waals surface area contributed by atoms with Crippen LogP contribution in [-0.4, -0.2) is 44.6 Å². The molecule has 2 aromatic rings. The molecule has 0 aliphatic carbocycles. The Morgan fingerprint density at radius 1 is 1.43 bits per heavy atom. The SMILES string of the molecule is CC(C)Nc1nc2c(Br)c(Cl)c(Cl)cc2n1[C@@H]1OC[C@@H](O)[C@H]1O. The molecular formula is C14H16BrCl2N3O3. The molecule has 1 saturated heterocycles. The highest BCUT2D eigenvalue weighted by atomic mass is 79.9. The van der Waals surface area contributed by atoms with Crippen LogP contribution in [0.3, 0.4) is 0 Å². The average Bonchev–Trinajstić information content (AvgIpc) is 2.98. The van der Waals surface area contributed by atoms with Crippen molar-refractivity contribution < 1.29 is 14.9 Å². The highest BCUT2D eigenvalue weighted by Gasteiger charge is 2.38. The lowest BCUT2D eigenvalue weighted by atomic mass is 10.2. The van der Waals surface area contributed by atoms with Gasteiger partial charge in [0, 0.05) is 6.04 Å². The molecule has 0 saturated carbocycles. The minimum Gasteiger partial charge on any atom is -0.388 e. The molecule has 0 amide bonds. The molecule has 1 aliphatic rings. The maximum absolute atomic E-state index is 10.2. The van der Waals surface area contributed by atoms with E-state index in [0.29, 0.717) is 31.5 Å². The van der Waals surface area contributed by atoms with Gasteiger partial charge in [-0.25, -0.2) is 4.98 Å². The van der Waals surface area contributed by atoms with E-state index in [-0.39, 0.29) is 12.6 Å². The van der Waals surface area contributed by atoms with Gasteiger partial charge in [0.2, 0.25) is 5.95 Å². The van der Waals surface area contributed by atoms with Crippen molar-refractivity contribution in [1.82, 2.24) is 9.55 Å². The van der Waals surface area contributed by atoms with Crippen LogP contribution in [0.2, 0.25) is 10.0 Å². The topological polar surface area (TPSA) is 79.5 Å². The zero-order chi connectivity index (χ0) is 16.9. The molecule has 23 heavy (non-hydrogen) atoms. The van der Waals surface area contributed by atoms with Crippen LogP contribution >= 0.6 is 39.1 Å². The first-order chi connectivity index (χ1) is 10.8. The second-order valence-electron chi connectivity index (χ2n) is 5.74. The fourth-order valence-electron chi connectivity index (χ4n) is 2.57. The highest BCUT2D eigenvalue weighted by molar-refractivity contribution is 9.10. The van der Waals surface area contributed by atoms with Gasteiger partial charge < -0.3 is 20.3 Å². The van der Waals surface area contributed by atoms with Crippen molar-refractivity contribution in [2.45, 2.75) is 38.3 Å². The van der Waals surface area contributed by atoms with Gasteiger partial charge in [-0.3, -0.25) is 4.57 Å². The number of ether oxygens (including phenoxy) is 1. The number of hydrogen-bond donors (Lipinski definition) is 3. The van der Waals surface area contributed by atoms with E-state index in [0.717, 1.165) is 0 Å².